The lowest BCUT2D eigenvalue weighted by atomic mass is 10.0. The standard InChI is InChI=1S/C16H15ClN6O5S3/c17-11-7(21-16(18)31-11)8(22-28)12(24)20-9-13(25)23-10(15(26)29)6(5-30-14(9)23)3-1-2-4-19-27/h1-2,4,9,14,27-28H,3,5H2,(H2,18,21)(H,20,24)(H,26,29)/b2-1-,19-4+,22-8-/t9?,14-/m1/s1. The number of thioether (sulfide) groups is 1. The number of thiazole rings is 1. The van der Waals surface area contributed by atoms with E-state index in [-0.39, 0.29) is 20.9 Å². The second-order valence-electron chi connectivity index (χ2n) is 6.14. The van der Waals surface area contributed by atoms with E-state index in [1.807, 2.05) is 0 Å². The van der Waals surface area contributed by atoms with E-state index in [4.69, 9.17) is 22.5 Å². The molecule has 0 radical (unpaired) electrons. The topological polar surface area (TPSA) is 171 Å². The summed E-state index contributed by atoms with van der Waals surface area (Å²) in [5.74, 6) is -0.964. The van der Waals surface area contributed by atoms with Crippen molar-refractivity contribution in [3.63, 3.8) is 0 Å². The smallest absolute Gasteiger partial charge is 0.276 e. The van der Waals surface area contributed by atoms with Crippen molar-refractivity contribution < 1.29 is 24.8 Å². The lowest BCUT2D eigenvalue weighted by molar-refractivity contribution is -0.146. The maximum atomic E-state index is 12.7. The van der Waals surface area contributed by atoms with E-state index >= 15 is 0 Å². The van der Waals surface area contributed by atoms with Gasteiger partial charge in [-0.3, -0.25) is 19.3 Å². The first-order chi connectivity index (χ1) is 14.8. The highest BCUT2D eigenvalue weighted by Gasteiger charge is 2.53. The van der Waals surface area contributed by atoms with E-state index in [0.29, 0.717) is 17.7 Å². The summed E-state index contributed by atoms with van der Waals surface area (Å²) in [5, 5.41) is 24.9. The number of carbonyl (C=O) groups excluding carboxylic acids is 3. The molecule has 5 N–H and O–H groups in total. The van der Waals surface area contributed by atoms with Gasteiger partial charge in [-0.2, -0.15) is 0 Å². The largest absolute Gasteiger partial charge is 0.411 e. The van der Waals surface area contributed by atoms with Crippen molar-refractivity contribution in [2.45, 2.75) is 17.8 Å². The number of β-lactam (4-membered cyclic amide) rings is 1. The number of aromatic nitrogens is 1. The number of nitrogens with two attached hydrogens (primary N) is 1. The molecule has 2 aliphatic heterocycles. The number of nitrogen functional groups attached to an aromatic ring is 1. The number of nitrogens with zero attached hydrogens (tertiary/aromatic N) is 4. The number of anilines is 1. The first kappa shape index (κ1) is 23.1. The molecule has 31 heavy (non-hydrogen) atoms. The summed E-state index contributed by atoms with van der Waals surface area (Å²) in [7, 11) is 0. The summed E-state index contributed by atoms with van der Waals surface area (Å²) in [6.45, 7) is 0. The molecule has 11 nitrogen and oxygen atoms in total. The molecule has 0 spiro atoms. The van der Waals surface area contributed by atoms with E-state index in [2.05, 4.69) is 33.2 Å². The number of rotatable bonds is 7. The lowest BCUT2D eigenvalue weighted by Crippen LogP contribution is -2.70. The van der Waals surface area contributed by atoms with Gasteiger partial charge in [-0.15, -0.1) is 11.8 Å². The summed E-state index contributed by atoms with van der Waals surface area (Å²) < 4.78 is 0.0592. The minimum absolute atomic E-state index is 0.0592. The number of allylic oxidation sites excluding steroid dienone is 2. The predicted octanol–water partition coefficient (Wildman–Crippen LogP) is 1.07. The van der Waals surface area contributed by atoms with E-state index in [1.54, 1.807) is 6.08 Å². The van der Waals surface area contributed by atoms with Crippen LogP contribution in [-0.2, 0) is 14.4 Å². The molecule has 2 amide bonds. The van der Waals surface area contributed by atoms with Crippen LogP contribution in [0.4, 0.5) is 5.13 Å². The van der Waals surface area contributed by atoms with Gasteiger partial charge < -0.3 is 21.5 Å². The van der Waals surface area contributed by atoms with Crippen molar-refractivity contribution in [1.82, 2.24) is 15.2 Å². The highest BCUT2D eigenvalue weighted by atomic mass is 35.5. The average molecular weight is 503 g/mol. The van der Waals surface area contributed by atoms with Crippen LogP contribution >= 0.6 is 47.3 Å². The quantitative estimate of drug-likeness (QED) is 0.121. The molecule has 1 saturated heterocycles. The first-order valence-electron chi connectivity index (χ1n) is 8.47. The predicted molar refractivity (Wildman–Crippen MR) is 120 cm³/mol. The van der Waals surface area contributed by atoms with Crippen LogP contribution in [0.3, 0.4) is 0 Å². The molecule has 164 valence electrons. The van der Waals surface area contributed by atoms with Crippen LogP contribution in [0, 0.1) is 0 Å². The zero-order chi connectivity index (χ0) is 22.7. The Kier molecular flexibility index (Phi) is 7.25. The van der Waals surface area contributed by atoms with E-state index < -0.39 is 34.1 Å². The van der Waals surface area contributed by atoms with Crippen LogP contribution < -0.4 is 11.1 Å². The van der Waals surface area contributed by atoms with Crippen LogP contribution in [0.5, 0.6) is 0 Å². The summed E-state index contributed by atoms with van der Waals surface area (Å²) in [5.41, 5.74) is 5.79. The number of fused-ring (bicyclic) bond motifs is 1. The molecule has 0 saturated carbocycles. The number of thiol groups is 1. The Morgan fingerprint density at radius 1 is 1.45 bits per heavy atom. The summed E-state index contributed by atoms with van der Waals surface area (Å²) >= 11 is 12.1. The number of oxime groups is 2. The van der Waals surface area contributed by atoms with Crippen molar-refractivity contribution in [1.29, 1.82) is 0 Å². The third-order valence-corrected chi connectivity index (χ3v) is 6.97. The summed E-state index contributed by atoms with van der Waals surface area (Å²) in [4.78, 5) is 42.5. The fraction of sp³-hybridized carbons (Fsp3) is 0.250. The molecule has 0 aliphatic carbocycles. The molecule has 0 aromatic carbocycles. The fourth-order valence-electron chi connectivity index (χ4n) is 3.02. The molecule has 15 heteroatoms. The highest BCUT2D eigenvalue weighted by molar-refractivity contribution is 8.00. The van der Waals surface area contributed by atoms with Gasteiger partial charge in [0.2, 0.25) is 5.12 Å². The van der Waals surface area contributed by atoms with Gasteiger partial charge in [-0.25, -0.2) is 4.98 Å². The molecule has 2 aliphatic rings. The molecule has 2 atom stereocenters. The number of hydrogen-bond donors (Lipinski definition) is 5. The van der Waals surface area contributed by atoms with Crippen molar-refractivity contribution in [2.75, 3.05) is 11.5 Å². The molecule has 3 heterocycles. The molecule has 1 aromatic rings. The molecule has 1 aromatic heterocycles. The van der Waals surface area contributed by atoms with E-state index in [9.17, 15) is 19.6 Å². The number of halogens is 1. The van der Waals surface area contributed by atoms with Crippen molar-refractivity contribution in [3.05, 3.63) is 33.5 Å². The van der Waals surface area contributed by atoms with Gasteiger partial charge in [0.15, 0.2) is 10.8 Å². The van der Waals surface area contributed by atoms with Gasteiger partial charge in [0, 0.05) is 5.75 Å². The van der Waals surface area contributed by atoms with Gasteiger partial charge in [0.25, 0.3) is 11.8 Å². The Bertz CT molecular complexity index is 1050. The van der Waals surface area contributed by atoms with E-state index in [1.165, 1.54) is 29.0 Å². The van der Waals surface area contributed by atoms with Gasteiger partial charge in [0.1, 0.15) is 21.4 Å². The molecular weight excluding hydrogens is 488 g/mol. The Morgan fingerprint density at radius 3 is 2.77 bits per heavy atom. The Hall–Kier alpha value is -2.55. The summed E-state index contributed by atoms with van der Waals surface area (Å²) in [6, 6.07) is -0.953. The zero-order valence-corrected chi connectivity index (χ0v) is 18.7. The van der Waals surface area contributed by atoms with Gasteiger partial charge in [-0.1, -0.05) is 52.0 Å². The van der Waals surface area contributed by atoms with Crippen LogP contribution in [0.25, 0.3) is 0 Å². The SMILES string of the molecule is Nc1nc(/C(=N/O)C(=O)NC2C(=O)N3C(C(=O)S)=C(C/C=C\C=N\O)CS[C@H]23)c(Cl)s1. The normalized spacial score (nSPS) is 21.5. The third kappa shape index (κ3) is 4.56. The maximum Gasteiger partial charge on any atom is 0.276 e. The van der Waals surface area contributed by atoms with Crippen LogP contribution in [-0.4, -0.2) is 66.3 Å². The van der Waals surface area contributed by atoms with Crippen LogP contribution in [0.1, 0.15) is 12.1 Å². The minimum Gasteiger partial charge on any atom is -0.411 e. The third-order valence-electron chi connectivity index (χ3n) is 4.33. The van der Waals surface area contributed by atoms with Crippen LogP contribution in [0.2, 0.25) is 4.34 Å². The van der Waals surface area contributed by atoms with Crippen molar-refractivity contribution in [2.24, 2.45) is 10.3 Å². The number of amides is 2. The van der Waals surface area contributed by atoms with E-state index in [0.717, 1.165) is 11.3 Å². The zero-order valence-electron chi connectivity index (χ0n) is 15.4. The Balaban J connectivity index is 1.77. The molecule has 1 fully saturated rings. The Morgan fingerprint density at radius 2 is 2.19 bits per heavy atom. The van der Waals surface area contributed by atoms with Crippen molar-refractivity contribution >= 4 is 81.3 Å². The fourth-order valence-corrected chi connectivity index (χ4v) is 5.58. The highest BCUT2D eigenvalue weighted by Crippen LogP contribution is 2.41. The minimum atomic E-state index is -0.953. The Labute approximate surface area is 194 Å². The number of hydrogen-bond acceptors (Lipinski definition) is 11. The van der Waals surface area contributed by atoms with Gasteiger partial charge in [-0.05, 0) is 18.1 Å². The summed E-state index contributed by atoms with van der Waals surface area (Å²) in [6.07, 6.45) is 4.69. The van der Waals surface area contributed by atoms with Gasteiger partial charge >= 0.3 is 0 Å². The average Bonchev–Trinajstić information content (AvgIpc) is 3.06. The first-order valence-corrected chi connectivity index (χ1v) is 11.2. The molecule has 1 unspecified atom stereocenters. The lowest BCUT2D eigenvalue weighted by Gasteiger charge is -2.49. The number of carbonyl (C=O) groups is 3. The second kappa shape index (κ2) is 9.72. The molecule has 0 bridgehead atoms. The molecular formula is C16H15ClN6O5S3. The second-order valence-corrected chi connectivity index (χ2v) is 9.28. The maximum absolute atomic E-state index is 12.7. The van der Waals surface area contributed by atoms with Gasteiger partial charge in [0.05, 0.1) is 11.9 Å². The number of nitrogens with one attached hydrogen (secondary N) is 1. The monoisotopic (exact) mass is 502 g/mol. The van der Waals surface area contributed by atoms with Crippen molar-refractivity contribution in [3.8, 4) is 0 Å². The molecule has 3 rings (SSSR count). The van der Waals surface area contributed by atoms with Crippen LogP contribution in [0.15, 0.2) is 33.7 Å².